The van der Waals surface area contributed by atoms with Crippen LogP contribution >= 0.6 is 24.0 Å². The summed E-state index contributed by atoms with van der Waals surface area (Å²) in [5, 5.41) is 3.48. The molecule has 0 spiro atoms. The van der Waals surface area contributed by atoms with Crippen LogP contribution in [0.1, 0.15) is 39.0 Å². The molecule has 2 unspecified atom stereocenters. The van der Waals surface area contributed by atoms with E-state index in [9.17, 15) is 0 Å². The lowest BCUT2D eigenvalue weighted by atomic mass is 9.82. The Labute approximate surface area is 157 Å². The van der Waals surface area contributed by atoms with E-state index in [1.165, 1.54) is 38.8 Å². The van der Waals surface area contributed by atoms with Crippen LogP contribution in [-0.4, -0.2) is 46.6 Å². The van der Waals surface area contributed by atoms with Crippen LogP contribution in [0.2, 0.25) is 0 Å². The van der Waals surface area contributed by atoms with Crippen LogP contribution in [0.15, 0.2) is 23.7 Å². The minimum Gasteiger partial charge on any atom is -0.357 e. The van der Waals surface area contributed by atoms with Crippen molar-refractivity contribution in [3.8, 4) is 0 Å². The SMILES string of the molecule is CCNC(=NCCCn1ccnc1)N1CC2CCCCC2C1.I. The average Bonchev–Trinajstić information content (AvgIpc) is 3.19. The molecule has 1 aromatic rings. The molecule has 1 N–H and O–H groups in total. The van der Waals surface area contributed by atoms with Crippen molar-refractivity contribution >= 4 is 29.9 Å². The largest absolute Gasteiger partial charge is 0.357 e. The molecule has 2 fully saturated rings. The minimum atomic E-state index is 0. The van der Waals surface area contributed by atoms with E-state index in [2.05, 4.69) is 26.7 Å². The highest BCUT2D eigenvalue weighted by atomic mass is 127. The molecule has 0 amide bonds. The summed E-state index contributed by atoms with van der Waals surface area (Å²) < 4.78 is 2.12. The van der Waals surface area contributed by atoms with Crippen molar-refractivity contribution in [3.05, 3.63) is 18.7 Å². The van der Waals surface area contributed by atoms with Gasteiger partial charge >= 0.3 is 0 Å². The number of nitrogens with one attached hydrogen (secondary N) is 1. The van der Waals surface area contributed by atoms with E-state index in [0.29, 0.717) is 0 Å². The molecule has 1 aliphatic carbocycles. The highest BCUT2D eigenvalue weighted by Crippen LogP contribution is 2.35. The fourth-order valence-electron chi connectivity index (χ4n) is 3.86. The van der Waals surface area contributed by atoms with Gasteiger partial charge in [-0.05, 0) is 38.0 Å². The summed E-state index contributed by atoms with van der Waals surface area (Å²) in [7, 11) is 0. The lowest BCUT2D eigenvalue weighted by Gasteiger charge is -2.22. The smallest absolute Gasteiger partial charge is 0.193 e. The third-order valence-electron chi connectivity index (χ3n) is 5.01. The van der Waals surface area contributed by atoms with Crippen LogP contribution in [0, 0.1) is 11.8 Å². The molecule has 5 nitrogen and oxygen atoms in total. The molecule has 1 aromatic heterocycles. The Balaban J connectivity index is 0.00000192. The first-order valence-electron chi connectivity index (χ1n) is 8.86. The Morgan fingerprint density at radius 1 is 1.26 bits per heavy atom. The molecule has 1 aliphatic heterocycles. The Morgan fingerprint density at radius 3 is 2.61 bits per heavy atom. The first-order chi connectivity index (χ1) is 10.9. The third kappa shape index (κ3) is 5.09. The number of aromatic nitrogens is 2. The van der Waals surface area contributed by atoms with Crippen LogP contribution in [-0.2, 0) is 6.54 Å². The number of aliphatic imine (C=N–C) groups is 1. The molecule has 0 bridgehead atoms. The van der Waals surface area contributed by atoms with Crippen LogP contribution in [0.3, 0.4) is 0 Å². The lowest BCUT2D eigenvalue weighted by Crippen LogP contribution is -2.40. The zero-order valence-electron chi connectivity index (χ0n) is 14.2. The molecule has 2 atom stereocenters. The van der Waals surface area contributed by atoms with Gasteiger partial charge in [0.25, 0.3) is 0 Å². The van der Waals surface area contributed by atoms with Gasteiger partial charge in [0.1, 0.15) is 0 Å². The van der Waals surface area contributed by atoms with Crippen LogP contribution in [0.5, 0.6) is 0 Å². The van der Waals surface area contributed by atoms with E-state index in [4.69, 9.17) is 4.99 Å². The van der Waals surface area contributed by atoms with Gasteiger partial charge in [0, 0.05) is 45.1 Å². The molecule has 1 saturated carbocycles. The van der Waals surface area contributed by atoms with Crippen LogP contribution < -0.4 is 5.32 Å². The Bertz CT molecular complexity index is 459. The minimum absolute atomic E-state index is 0. The van der Waals surface area contributed by atoms with E-state index in [1.54, 1.807) is 0 Å². The number of hydrogen-bond acceptors (Lipinski definition) is 2. The number of aryl methyl sites for hydroxylation is 1. The van der Waals surface area contributed by atoms with Crippen molar-refractivity contribution in [3.63, 3.8) is 0 Å². The summed E-state index contributed by atoms with van der Waals surface area (Å²) >= 11 is 0. The number of nitrogens with zero attached hydrogens (tertiary/aromatic N) is 4. The van der Waals surface area contributed by atoms with Crippen LogP contribution in [0.4, 0.5) is 0 Å². The molecule has 2 aliphatic rings. The average molecular weight is 431 g/mol. The monoisotopic (exact) mass is 431 g/mol. The van der Waals surface area contributed by atoms with Crippen molar-refractivity contribution in [2.24, 2.45) is 16.8 Å². The van der Waals surface area contributed by atoms with Gasteiger partial charge < -0.3 is 14.8 Å². The third-order valence-corrected chi connectivity index (χ3v) is 5.01. The maximum Gasteiger partial charge on any atom is 0.193 e. The van der Waals surface area contributed by atoms with Gasteiger partial charge in [-0.2, -0.15) is 0 Å². The Hall–Kier alpha value is -0.790. The summed E-state index contributed by atoms with van der Waals surface area (Å²) in [5.41, 5.74) is 0. The zero-order chi connectivity index (χ0) is 15.2. The summed E-state index contributed by atoms with van der Waals surface area (Å²) in [5.74, 6) is 2.94. The topological polar surface area (TPSA) is 45.5 Å². The van der Waals surface area contributed by atoms with Gasteiger partial charge in [-0.25, -0.2) is 4.98 Å². The molecule has 130 valence electrons. The second-order valence-corrected chi connectivity index (χ2v) is 6.60. The maximum atomic E-state index is 4.85. The fraction of sp³-hybridized carbons (Fsp3) is 0.765. The Kier molecular flexibility index (Phi) is 7.65. The van der Waals surface area contributed by atoms with E-state index >= 15 is 0 Å². The van der Waals surface area contributed by atoms with Crippen molar-refractivity contribution in [2.45, 2.75) is 45.6 Å². The Morgan fingerprint density at radius 2 is 2.00 bits per heavy atom. The van der Waals surface area contributed by atoms with Crippen molar-refractivity contribution in [1.29, 1.82) is 0 Å². The summed E-state index contributed by atoms with van der Waals surface area (Å²) in [4.78, 5) is 11.4. The number of rotatable bonds is 5. The van der Waals surface area contributed by atoms with Gasteiger partial charge in [0.2, 0.25) is 0 Å². The number of guanidine groups is 1. The molecule has 1 saturated heterocycles. The van der Waals surface area contributed by atoms with E-state index < -0.39 is 0 Å². The molecular formula is C17H30IN5. The molecule has 23 heavy (non-hydrogen) atoms. The molecule has 6 heteroatoms. The number of imidazole rings is 1. The lowest BCUT2D eigenvalue weighted by molar-refractivity contribution is 0.299. The maximum absolute atomic E-state index is 4.85. The number of likely N-dealkylation sites (tertiary alicyclic amines) is 1. The van der Waals surface area contributed by atoms with Gasteiger partial charge in [-0.15, -0.1) is 24.0 Å². The van der Waals surface area contributed by atoms with Gasteiger partial charge in [-0.1, -0.05) is 12.8 Å². The second kappa shape index (κ2) is 9.49. The first-order valence-corrected chi connectivity index (χ1v) is 8.86. The van der Waals surface area contributed by atoms with Gasteiger partial charge in [0.05, 0.1) is 6.33 Å². The summed E-state index contributed by atoms with van der Waals surface area (Å²) in [6.07, 6.45) is 12.5. The number of fused-ring (bicyclic) bond motifs is 1. The van der Waals surface area contributed by atoms with Crippen molar-refractivity contribution < 1.29 is 0 Å². The van der Waals surface area contributed by atoms with Gasteiger partial charge in [0.15, 0.2) is 5.96 Å². The first kappa shape index (κ1) is 18.5. The predicted octanol–water partition coefficient (Wildman–Crippen LogP) is 2.98. The van der Waals surface area contributed by atoms with E-state index in [1.807, 2.05) is 18.7 Å². The highest BCUT2D eigenvalue weighted by molar-refractivity contribution is 14.0. The van der Waals surface area contributed by atoms with Crippen molar-refractivity contribution in [1.82, 2.24) is 19.8 Å². The van der Waals surface area contributed by atoms with Gasteiger partial charge in [-0.3, -0.25) is 4.99 Å². The normalized spacial score (nSPS) is 24.2. The van der Waals surface area contributed by atoms with E-state index in [0.717, 1.165) is 43.9 Å². The standard InChI is InChI=1S/C17H29N5.HI/c1-2-19-17(20-8-5-10-21-11-9-18-14-21)22-12-15-6-3-4-7-16(15)13-22;/h9,11,14-16H,2-8,10,12-13H2,1H3,(H,19,20);1H. The molecular weight excluding hydrogens is 401 g/mol. The zero-order valence-corrected chi connectivity index (χ0v) is 16.5. The van der Waals surface area contributed by atoms with Crippen molar-refractivity contribution in [2.75, 3.05) is 26.2 Å². The number of hydrogen-bond donors (Lipinski definition) is 1. The molecule has 0 radical (unpaired) electrons. The number of halogens is 1. The molecule has 3 rings (SSSR count). The van der Waals surface area contributed by atoms with E-state index in [-0.39, 0.29) is 24.0 Å². The second-order valence-electron chi connectivity index (χ2n) is 6.60. The highest BCUT2D eigenvalue weighted by Gasteiger charge is 2.35. The van der Waals surface area contributed by atoms with Crippen LogP contribution in [0.25, 0.3) is 0 Å². The molecule has 2 heterocycles. The molecule has 0 aromatic carbocycles. The summed E-state index contributed by atoms with van der Waals surface area (Å²) in [6.45, 7) is 7.40. The quantitative estimate of drug-likeness (QED) is 0.338. The predicted molar refractivity (Wildman–Crippen MR) is 105 cm³/mol. The fourth-order valence-corrected chi connectivity index (χ4v) is 3.86. The summed E-state index contributed by atoms with van der Waals surface area (Å²) in [6, 6.07) is 0.